The Balaban J connectivity index is 2.65. The van der Waals surface area contributed by atoms with Crippen molar-refractivity contribution in [1.82, 2.24) is 0 Å². The second-order valence-corrected chi connectivity index (χ2v) is 5.80. The summed E-state index contributed by atoms with van der Waals surface area (Å²) in [6.07, 6.45) is 6.05. The molecule has 4 nitrogen and oxygen atoms in total. The third kappa shape index (κ3) is 6.37. The van der Waals surface area contributed by atoms with Crippen LogP contribution in [0, 0.1) is 5.92 Å². The van der Waals surface area contributed by atoms with Crippen molar-refractivity contribution in [3.63, 3.8) is 0 Å². The summed E-state index contributed by atoms with van der Waals surface area (Å²) in [4.78, 5) is 13.3. The lowest BCUT2D eigenvalue weighted by Crippen LogP contribution is -2.32. The quantitative estimate of drug-likeness (QED) is 0.623. The molecule has 1 unspecified atom stereocenters. The van der Waals surface area contributed by atoms with Crippen LogP contribution in [-0.2, 0) is 4.79 Å². The van der Waals surface area contributed by atoms with Gasteiger partial charge < -0.3 is 14.7 Å². The summed E-state index contributed by atoms with van der Waals surface area (Å²) < 4.78 is 5.18. The minimum Gasteiger partial charge on any atom is -0.497 e. The van der Waals surface area contributed by atoms with Gasteiger partial charge in [0.15, 0.2) is 0 Å². The van der Waals surface area contributed by atoms with Crippen LogP contribution in [0.2, 0.25) is 0 Å². The number of unbranched alkanes of at least 4 members (excludes halogenated alkanes) is 4. The molecule has 0 aromatic heterocycles. The summed E-state index contributed by atoms with van der Waals surface area (Å²) in [7, 11) is 1.65. The van der Waals surface area contributed by atoms with E-state index in [0.717, 1.165) is 24.4 Å². The zero-order valence-electron chi connectivity index (χ0n) is 14.0. The Morgan fingerprint density at radius 2 is 1.82 bits per heavy atom. The molecule has 4 heteroatoms. The Kier molecular flexibility index (Phi) is 8.41. The van der Waals surface area contributed by atoms with Gasteiger partial charge in [0.1, 0.15) is 5.75 Å². The fourth-order valence-electron chi connectivity index (χ4n) is 2.43. The molecule has 1 atom stereocenters. The second kappa shape index (κ2) is 10.1. The van der Waals surface area contributed by atoms with E-state index in [1.807, 2.05) is 24.3 Å². The van der Waals surface area contributed by atoms with Crippen LogP contribution in [0.1, 0.15) is 46.0 Å². The Morgan fingerprint density at radius 1 is 1.18 bits per heavy atom. The summed E-state index contributed by atoms with van der Waals surface area (Å²) in [6.45, 7) is 5.40. The van der Waals surface area contributed by atoms with Crippen molar-refractivity contribution >= 4 is 11.7 Å². The number of nitrogens with zero attached hydrogens (tertiary/aromatic N) is 1. The van der Waals surface area contributed by atoms with Gasteiger partial charge in [0.2, 0.25) is 0 Å². The predicted octanol–water partition coefficient (Wildman–Crippen LogP) is 4.19. The van der Waals surface area contributed by atoms with Crippen LogP contribution in [0.25, 0.3) is 0 Å². The van der Waals surface area contributed by atoms with E-state index >= 15 is 0 Å². The molecular formula is C18H29NO3. The zero-order valence-corrected chi connectivity index (χ0v) is 14.0. The van der Waals surface area contributed by atoms with Gasteiger partial charge in [0.25, 0.3) is 0 Å². The van der Waals surface area contributed by atoms with E-state index in [9.17, 15) is 4.79 Å². The molecule has 1 rings (SSSR count). The Labute approximate surface area is 134 Å². The number of hydrogen-bond donors (Lipinski definition) is 1. The number of rotatable bonds is 11. The first-order chi connectivity index (χ1) is 10.6. The van der Waals surface area contributed by atoms with E-state index in [1.165, 1.54) is 25.7 Å². The molecule has 0 radical (unpaired) electrons. The molecule has 0 aliphatic heterocycles. The second-order valence-electron chi connectivity index (χ2n) is 5.80. The third-order valence-corrected chi connectivity index (χ3v) is 3.88. The van der Waals surface area contributed by atoms with Crippen LogP contribution < -0.4 is 9.64 Å². The van der Waals surface area contributed by atoms with Gasteiger partial charge in [-0.25, -0.2) is 0 Å². The minimum atomic E-state index is -0.746. The Bertz CT molecular complexity index is 430. The van der Waals surface area contributed by atoms with E-state index < -0.39 is 5.97 Å². The molecule has 124 valence electrons. The van der Waals surface area contributed by atoms with Crippen LogP contribution in [0.3, 0.4) is 0 Å². The van der Waals surface area contributed by atoms with Gasteiger partial charge in [-0.15, -0.1) is 0 Å². The van der Waals surface area contributed by atoms with Crippen LogP contribution >= 0.6 is 0 Å². The number of carboxylic acids is 1. The monoisotopic (exact) mass is 307 g/mol. The molecule has 0 aliphatic carbocycles. The van der Waals surface area contributed by atoms with Crippen molar-refractivity contribution in [3.05, 3.63) is 24.3 Å². The summed E-state index contributed by atoms with van der Waals surface area (Å²) in [5, 5.41) is 9.15. The van der Waals surface area contributed by atoms with E-state index in [2.05, 4.69) is 11.8 Å². The first-order valence-electron chi connectivity index (χ1n) is 8.20. The topological polar surface area (TPSA) is 49.8 Å². The summed E-state index contributed by atoms with van der Waals surface area (Å²) in [6, 6.07) is 7.84. The fourth-order valence-corrected chi connectivity index (χ4v) is 2.43. The average molecular weight is 307 g/mol. The number of hydrogen-bond acceptors (Lipinski definition) is 3. The molecule has 22 heavy (non-hydrogen) atoms. The van der Waals surface area contributed by atoms with Gasteiger partial charge >= 0.3 is 5.97 Å². The lowest BCUT2D eigenvalue weighted by atomic mass is 10.1. The largest absolute Gasteiger partial charge is 0.497 e. The van der Waals surface area contributed by atoms with Crippen LogP contribution in [0.15, 0.2) is 24.3 Å². The molecule has 1 aromatic carbocycles. The highest BCUT2D eigenvalue weighted by Gasteiger charge is 2.16. The van der Waals surface area contributed by atoms with E-state index in [4.69, 9.17) is 9.84 Å². The third-order valence-electron chi connectivity index (χ3n) is 3.88. The lowest BCUT2D eigenvalue weighted by Gasteiger charge is -2.27. The maximum absolute atomic E-state index is 11.1. The van der Waals surface area contributed by atoms with Gasteiger partial charge in [-0.2, -0.15) is 0 Å². The van der Waals surface area contributed by atoms with Gasteiger partial charge in [0.05, 0.1) is 13.0 Å². The maximum atomic E-state index is 11.1. The standard InChI is InChI=1S/C18H29NO3/c1-4-5-6-7-8-13-19(14-15(2)18(20)21)16-9-11-17(22-3)12-10-16/h9-12,15H,4-8,13-14H2,1-3H3,(H,20,21). The molecule has 1 aromatic rings. The average Bonchev–Trinajstić information content (AvgIpc) is 2.53. The highest BCUT2D eigenvalue weighted by Crippen LogP contribution is 2.21. The summed E-state index contributed by atoms with van der Waals surface area (Å²) >= 11 is 0. The first kappa shape index (κ1) is 18.3. The molecule has 0 bridgehead atoms. The molecule has 0 spiro atoms. The Hall–Kier alpha value is -1.71. The number of carbonyl (C=O) groups is 1. The van der Waals surface area contributed by atoms with Crippen LogP contribution in [0.4, 0.5) is 5.69 Å². The van der Waals surface area contributed by atoms with Crippen molar-refractivity contribution in [2.45, 2.75) is 46.0 Å². The van der Waals surface area contributed by atoms with Gasteiger partial charge in [-0.1, -0.05) is 39.5 Å². The number of benzene rings is 1. The number of ether oxygens (including phenoxy) is 1. The van der Waals surface area contributed by atoms with Gasteiger partial charge in [0, 0.05) is 18.8 Å². The number of carboxylic acid groups (broad SMARTS) is 1. The molecule has 0 heterocycles. The summed E-state index contributed by atoms with van der Waals surface area (Å²) in [5.74, 6) is -0.305. The predicted molar refractivity (Wildman–Crippen MR) is 90.8 cm³/mol. The SMILES string of the molecule is CCCCCCCN(CC(C)C(=O)O)c1ccc(OC)cc1. The molecule has 0 aliphatic rings. The molecule has 0 fully saturated rings. The van der Waals surface area contributed by atoms with E-state index in [1.54, 1.807) is 14.0 Å². The number of methoxy groups -OCH3 is 1. The van der Waals surface area contributed by atoms with Crippen molar-refractivity contribution in [2.75, 3.05) is 25.1 Å². The first-order valence-corrected chi connectivity index (χ1v) is 8.20. The molecular weight excluding hydrogens is 278 g/mol. The molecule has 0 saturated heterocycles. The van der Waals surface area contributed by atoms with Crippen molar-refractivity contribution < 1.29 is 14.6 Å². The maximum Gasteiger partial charge on any atom is 0.308 e. The van der Waals surface area contributed by atoms with Crippen molar-refractivity contribution in [1.29, 1.82) is 0 Å². The normalized spacial score (nSPS) is 12.0. The van der Waals surface area contributed by atoms with Crippen molar-refractivity contribution in [2.24, 2.45) is 5.92 Å². The molecule has 1 N–H and O–H groups in total. The summed E-state index contributed by atoms with van der Waals surface area (Å²) in [5.41, 5.74) is 1.06. The highest BCUT2D eigenvalue weighted by atomic mass is 16.5. The zero-order chi connectivity index (χ0) is 16.4. The highest BCUT2D eigenvalue weighted by molar-refractivity contribution is 5.70. The fraction of sp³-hybridized carbons (Fsp3) is 0.611. The minimum absolute atomic E-state index is 0.377. The van der Waals surface area contributed by atoms with E-state index in [0.29, 0.717) is 6.54 Å². The van der Waals surface area contributed by atoms with Gasteiger partial charge in [-0.05, 0) is 30.7 Å². The van der Waals surface area contributed by atoms with Crippen molar-refractivity contribution in [3.8, 4) is 5.75 Å². The molecule has 0 saturated carbocycles. The smallest absolute Gasteiger partial charge is 0.308 e. The number of aliphatic carboxylic acids is 1. The van der Waals surface area contributed by atoms with Crippen LogP contribution in [-0.4, -0.2) is 31.3 Å². The van der Waals surface area contributed by atoms with E-state index in [-0.39, 0.29) is 5.92 Å². The van der Waals surface area contributed by atoms with Gasteiger partial charge in [-0.3, -0.25) is 4.79 Å². The van der Waals surface area contributed by atoms with Crippen LogP contribution in [0.5, 0.6) is 5.75 Å². The lowest BCUT2D eigenvalue weighted by molar-refractivity contribution is -0.140. The number of anilines is 1. The molecule has 0 amide bonds. The Morgan fingerprint density at radius 3 is 2.36 bits per heavy atom.